The van der Waals surface area contributed by atoms with Crippen LogP contribution in [0.25, 0.3) is 0 Å². The SMILES string of the molecule is CN(Cc1ccccn1)C(=O)[C@@H]1CCC[C@@H]1CNC(=O)OC(C)(C)C. The minimum Gasteiger partial charge on any atom is -0.444 e. The molecule has 6 nitrogen and oxygen atoms in total. The van der Waals surface area contributed by atoms with Gasteiger partial charge < -0.3 is 15.0 Å². The lowest BCUT2D eigenvalue weighted by atomic mass is 9.94. The van der Waals surface area contributed by atoms with Crippen LogP contribution in [0.3, 0.4) is 0 Å². The molecule has 1 aromatic rings. The second kappa shape index (κ2) is 8.32. The van der Waals surface area contributed by atoms with Gasteiger partial charge in [0.05, 0.1) is 12.2 Å². The summed E-state index contributed by atoms with van der Waals surface area (Å²) in [4.78, 5) is 30.6. The Morgan fingerprint density at radius 3 is 2.72 bits per heavy atom. The number of hydrogen-bond acceptors (Lipinski definition) is 4. The van der Waals surface area contributed by atoms with E-state index in [0.717, 1.165) is 25.0 Å². The summed E-state index contributed by atoms with van der Waals surface area (Å²) in [7, 11) is 1.81. The fourth-order valence-corrected chi connectivity index (χ4v) is 3.23. The molecule has 1 aromatic heterocycles. The van der Waals surface area contributed by atoms with E-state index in [1.54, 1.807) is 11.1 Å². The molecule has 0 aromatic carbocycles. The van der Waals surface area contributed by atoms with Crippen LogP contribution >= 0.6 is 0 Å². The first kappa shape index (κ1) is 19.2. The zero-order valence-corrected chi connectivity index (χ0v) is 15.6. The number of hydrogen-bond donors (Lipinski definition) is 1. The van der Waals surface area contributed by atoms with Gasteiger partial charge in [-0.15, -0.1) is 0 Å². The summed E-state index contributed by atoms with van der Waals surface area (Å²) in [6.07, 6.45) is 4.13. The van der Waals surface area contributed by atoms with E-state index in [-0.39, 0.29) is 17.7 Å². The molecule has 1 aliphatic carbocycles. The summed E-state index contributed by atoms with van der Waals surface area (Å²) < 4.78 is 5.27. The molecule has 0 saturated heterocycles. The lowest BCUT2D eigenvalue weighted by Gasteiger charge is -2.26. The van der Waals surface area contributed by atoms with Crippen LogP contribution in [0.15, 0.2) is 24.4 Å². The average Bonchev–Trinajstić information content (AvgIpc) is 3.00. The van der Waals surface area contributed by atoms with E-state index >= 15 is 0 Å². The standard InChI is InChI=1S/C19H29N3O3/c1-19(2,3)25-18(24)21-12-14-8-7-10-16(14)17(23)22(4)13-15-9-5-6-11-20-15/h5-6,9,11,14,16H,7-8,10,12-13H2,1-4H3,(H,21,24)/t14-,16-/m1/s1. The molecule has 6 heteroatoms. The summed E-state index contributed by atoms with van der Waals surface area (Å²) in [5.74, 6) is 0.231. The molecule has 0 unspecified atom stereocenters. The Balaban J connectivity index is 1.87. The number of pyridine rings is 1. The maximum absolute atomic E-state index is 12.8. The number of carbonyl (C=O) groups is 2. The normalized spacial score (nSPS) is 20.2. The highest BCUT2D eigenvalue weighted by molar-refractivity contribution is 5.79. The molecule has 0 radical (unpaired) electrons. The Morgan fingerprint density at radius 1 is 1.32 bits per heavy atom. The van der Waals surface area contributed by atoms with Crippen LogP contribution in [-0.2, 0) is 16.1 Å². The third-order valence-corrected chi connectivity index (χ3v) is 4.39. The van der Waals surface area contributed by atoms with Gasteiger partial charge in [-0.25, -0.2) is 4.79 Å². The van der Waals surface area contributed by atoms with Gasteiger partial charge in [-0.3, -0.25) is 9.78 Å². The Bertz CT molecular complexity index is 583. The van der Waals surface area contributed by atoms with E-state index in [4.69, 9.17) is 4.74 Å². The van der Waals surface area contributed by atoms with E-state index in [0.29, 0.717) is 13.1 Å². The van der Waals surface area contributed by atoms with Crippen molar-refractivity contribution < 1.29 is 14.3 Å². The molecule has 1 N–H and O–H groups in total. The second-order valence-corrected chi connectivity index (χ2v) is 7.70. The molecule has 0 aliphatic heterocycles. The number of ether oxygens (including phenoxy) is 1. The van der Waals surface area contributed by atoms with Gasteiger partial charge in [0.1, 0.15) is 5.60 Å². The Kier molecular flexibility index (Phi) is 6.39. The van der Waals surface area contributed by atoms with Crippen LogP contribution in [0.1, 0.15) is 45.7 Å². The van der Waals surface area contributed by atoms with E-state index in [1.165, 1.54) is 0 Å². The number of rotatable bonds is 5. The second-order valence-electron chi connectivity index (χ2n) is 7.70. The van der Waals surface area contributed by atoms with Crippen LogP contribution < -0.4 is 5.32 Å². The van der Waals surface area contributed by atoms with Crippen LogP contribution in [0.5, 0.6) is 0 Å². The fourth-order valence-electron chi connectivity index (χ4n) is 3.23. The number of nitrogens with zero attached hydrogens (tertiary/aromatic N) is 2. The third-order valence-electron chi connectivity index (χ3n) is 4.39. The molecule has 25 heavy (non-hydrogen) atoms. The Morgan fingerprint density at radius 2 is 2.08 bits per heavy atom. The molecule has 2 amide bonds. The van der Waals surface area contributed by atoms with Gasteiger partial charge in [-0.1, -0.05) is 12.5 Å². The molecule has 1 saturated carbocycles. The zero-order chi connectivity index (χ0) is 18.4. The minimum atomic E-state index is -0.516. The van der Waals surface area contributed by atoms with E-state index in [9.17, 15) is 9.59 Å². The number of aromatic nitrogens is 1. The Hall–Kier alpha value is -2.11. The van der Waals surface area contributed by atoms with Crippen LogP contribution in [0, 0.1) is 11.8 Å². The van der Waals surface area contributed by atoms with Crippen molar-refractivity contribution in [3.05, 3.63) is 30.1 Å². The lowest BCUT2D eigenvalue weighted by Crippen LogP contribution is -2.40. The van der Waals surface area contributed by atoms with Gasteiger partial charge in [0.2, 0.25) is 5.91 Å². The van der Waals surface area contributed by atoms with Crippen LogP contribution in [-0.4, -0.2) is 41.1 Å². The topological polar surface area (TPSA) is 71.5 Å². The molecule has 0 bridgehead atoms. The van der Waals surface area contributed by atoms with Crippen molar-refractivity contribution in [3.63, 3.8) is 0 Å². The van der Waals surface area contributed by atoms with Gasteiger partial charge in [-0.2, -0.15) is 0 Å². The molecular formula is C19H29N3O3. The Labute approximate surface area is 150 Å². The molecule has 0 spiro atoms. The highest BCUT2D eigenvalue weighted by atomic mass is 16.6. The maximum atomic E-state index is 12.8. The highest BCUT2D eigenvalue weighted by Gasteiger charge is 2.35. The number of alkyl carbamates (subject to hydrolysis) is 1. The highest BCUT2D eigenvalue weighted by Crippen LogP contribution is 2.32. The molecule has 138 valence electrons. The van der Waals surface area contributed by atoms with Crippen molar-refractivity contribution in [3.8, 4) is 0 Å². The lowest BCUT2D eigenvalue weighted by molar-refractivity contribution is -0.135. The molecule has 2 atom stereocenters. The quantitative estimate of drug-likeness (QED) is 0.889. The monoisotopic (exact) mass is 347 g/mol. The molecule has 1 fully saturated rings. The number of nitrogens with one attached hydrogen (secondary N) is 1. The van der Waals surface area contributed by atoms with E-state index < -0.39 is 11.7 Å². The van der Waals surface area contributed by atoms with E-state index in [2.05, 4.69) is 10.3 Å². The predicted molar refractivity (Wildman–Crippen MR) is 95.8 cm³/mol. The van der Waals surface area contributed by atoms with E-state index in [1.807, 2.05) is 46.0 Å². The van der Waals surface area contributed by atoms with Crippen molar-refractivity contribution in [2.75, 3.05) is 13.6 Å². The largest absolute Gasteiger partial charge is 0.444 e. The van der Waals surface area contributed by atoms with Crippen molar-refractivity contribution in [2.45, 2.75) is 52.2 Å². The summed E-state index contributed by atoms with van der Waals surface area (Å²) in [6, 6.07) is 5.70. The van der Waals surface area contributed by atoms with Crippen molar-refractivity contribution >= 4 is 12.0 Å². The summed E-state index contributed by atoms with van der Waals surface area (Å²) >= 11 is 0. The predicted octanol–water partition coefficient (Wildman–Crippen LogP) is 2.98. The third kappa shape index (κ3) is 6.03. The molecule has 1 heterocycles. The van der Waals surface area contributed by atoms with Crippen LogP contribution in [0.4, 0.5) is 4.79 Å². The minimum absolute atomic E-state index is 0.0522. The summed E-state index contributed by atoms with van der Waals surface area (Å²) in [6.45, 7) is 6.48. The molecule has 1 aliphatic rings. The first-order valence-electron chi connectivity index (χ1n) is 8.88. The fraction of sp³-hybridized carbons (Fsp3) is 0.632. The average molecular weight is 347 g/mol. The van der Waals surface area contributed by atoms with Crippen molar-refractivity contribution in [2.24, 2.45) is 11.8 Å². The molecule has 2 rings (SSSR count). The van der Waals surface area contributed by atoms with Crippen molar-refractivity contribution in [1.29, 1.82) is 0 Å². The summed E-state index contributed by atoms with van der Waals surface area (Å²) in [5.41, 5.74) is 0.359. The van der Waals surface area contributed by atoms with Gasteiger partial charge in [-0.05, 0) is 51.7 Å². The van der Waals surface area contributed by atoms with Gasteiger partial charge >= 0.3 is 6.09 Å². The first-order valence-corrected chi connectivity index (χ1v) is 8.88. The maximum Gasteiger partial charge on any atom is 0.407 e. The number of amides is 2. The van der Waals surface area contributed by atoms with Crippen LogP contribution in [0.2, 0.25) is 0 Å². The number of carbonyl (C=O) groups excluding carboxylic acids is 2. The van der Waals surface area contributed by atoms with Gasteiger partial charge in [0, 0.05) is 25.7 Å². The van der Waals surface area contributed by atoms with Gasteiger partial charge in [0.15, 0.2) is 0 Å². The smallest absolute Gasteiger partial charge is 0.407 e. The molecular weight excluding hydrogens is 318 g/mol. The summed E-state index contributed by atoms with van der Waals surface area (Å²) in [5, 5.41) is 2.81. The first-order chi connectivity index (χ1) is 11.8. The zero-order valence-electron chi connectivity index (χ0n) is 15.6. The van der Waals surface area contributed by atoms with Crippen molar-refractivity contribution in [1.82, 2.24) is 15.2 Å². The van der Waals surface area contributed by atoms with Gasteiger partial charge in [0.25, 0.3) is 0 Å².